The lowest BCUT2D eigenvalue weighted by Crippen LogP contribution is -2.38. The zero-order valence-electron chi connectivity index (χ0n) is 16.1. The Morgan fingerprint density at radius 3 is 2.21 bits per heavy atom. The molecule has 2 rings (SSSR count). The molecule has 6 heteroatoms. The normalized spacial score (nSPS) is 12.6. The molecule has 0 heterocycles. The number of aryl methyl sites for hydroxylation is 1. The predicted molar refractivity (Wildman–Crippen MR) is 108 cm³/mol. The van der Waals surface area contributed by atoms with Crippen molar-refractivity contribution >= 4 is 23.5 Å². The smallest absolute Gasteiger partial charge is 0.325 e. The van der Waals surface area contributed by atoms with E-state index in [1.807, 2.05) is 25.1 Å². The van der Waals surface area contributed by atoms with Gasteiger partial charge in [0.2, 0.25) is 5.91 Å². The Labute approximate surface area is 165 Å². The molecule has 2 atom stereocenters. The average Bonchev–Trinajstić information content (AvgIpc) is 2.69. The Hall–Kier alpha value is -3.15. The van der Waals surface area contributed by atoms with Gasteiger partial charge in [-0.05, 0) is 56.0 Å². The number of carboxylic acid groups (broad SMARTS) is 1. The van der Waals surface area contributed by atoms with Crippen LogP contribution < -0.4 is 10.6 Å². The van der Waals surface area contributed by atoms with Crippen molar-refractivity contribution in [3.63, 3.8) is 0 Å². The Bertz CT molecular complexity index is 803. The first-order valence-electron chi connectivity index (χ1n) is 9.35. The van der Waals surface area contributed by atoms with Gasteiger partial charge < -0.3 is 15.7 Å². The summed E-state index contributed by atoms with van der Waals surface area (Å²) in [6.07, 6.45) is 2.66. The number of aliphatic carboxylic acids is 1. The molecule has 2 aromatic rings. The quantitative estimate of drug-likeness (QED) is 0.619. The highest BCUT2D eigenvalue weighted by atomic mass is 16.4. The molecule has 3 N–H and O–H groups in total. The van der Waals surface area contributed by atoms with Gasteiger partial charge in [-0.3, -0.25) is 14.4 Å². The Balaban J connectivity index is 1.81. The molecule has 2 aromatic carbocycles. The number of hydrogen-bond acceptors (Lipinski definition) is 3. The summed E-state index contributed by atoms with van der Waals surface area (Å²) in [4.78, 5) is 35.1. The van der Waals surface area contributed by atoms with Crippen LogP contribution in [0, 0.1) is 5.92 Å². The third-order valence-electron chi connectivity index (χ3n) is 4.53. The van der Waals surface area contributed by atoms with Gasteiger partial charge in [-0.2, -0.15) is 0 Å². The molecule has 2 amide bonds. The fourth-order valence-corrected chi connectivity index (χ4v) is 2.70. The summed E-state index contributed by atoms with van der Waals surface area (Å²) >= 11 is 0. The minimum atomic E-state index is -1.10. The van der Waals surface area contributed by atoms with Gasteiger partial charge in [0.05, 0.1) is 0 Å². The molecule has 2 unspecified atom stereocenters. The van der Waals surface area contributed by atoms with E-state index in [4.69, 9.17) is 5.11 Å². The number of benzene rings is 2. The van der Waals surface area contributed by atoms with Gasteiger partial charge in [-0.25, -0.2) is 0 Å². The fraction of sp³-hybridized carbons (Fsp3) is 0.318. The van der Waals surface area contributed by atoms with Gasteiger partial charge in [-0.1, -0.05) is 37.3 Å². The monoisotopic (exact) mass is 382 g/mol. The van der Waals surface area contributed by atoms with Crippen LogP contribution in [0.25, 0.3) is 0 Å². The van der Waals surface area contributed by atoms with Gasteiger partial charge in [0.25, 0.3) is 5.91 Å². The maximum absolute atomic E-state index is 12.3. The molecule has 0 saturated carbocycles. The molecular formula is C22H26N2O4. The Morgan fingerprint density at radius 2 is 1.61 bits per heavy atom. The van der Waals surface area contributed by atoms with Gasteiger partial charge in [0.15, 0.2) is 0 Å². The molecule has 0 fully saturated rings. The van der Waals surface area contributed by atoms with Crippen molar-refractivity contribution in [2.75, 3.05) is 5.32 Å². The van der Waals surface area contributed by atoms with Crippen molar-refractivity contribution in [3.05, 3.63) is 65.7 Å². The lowest BCUT2D eigenvalue weighted by molar-refractivity contribution is -0.138. The number of anilines is 1. The average molecular weight is 382 g/mol. The number of carbonyl (C=O) groups is 3. The van der Waals surface area contributed by atoms with Crippen LogP contribution in [-0.4, -0.2) is 28.9 Å². The molecule has 0 radical (unpaired) electrons. The zero-order valence-corrected chi connectivity index (χ0v) is 16.1. The summed E-state index contributed by atoms with van der Waals surface area (Å²) < 4.78 is 0. The molecule has 0 aliphatic rings. The van der Waals surface area contributed by atoms with Crippen molar-refractivity contribution in [2.45, 2.75) is 39.2 Å². The summed E-state index contributed by atoms with van der Waals surface area (Å²) in [5, 5.41) is 14.1. The second-order valence-corrected chi connectivity index (χ2v) is 6.88. The van der Waals surface area contributed by atoms with Crippen molar-refractivity contribution in [2.24, 2.45) is 5.92 Å². The highest BCUT2D eigenvalue weighted by Gasteiger charge is 2.16. The Morgan fingerprint density at radius 1 is 0.964 bits per heavy atom. The van der Waals surface area contributed by atoms with Crippen molar-refractivity contribution in [1.29, 1.82) is 0 Å². The van der Waals surface area contributed by atoms with Gasteiger partial charge >= 0.3 is 5.97 Å². The first kappa shape index (κ1) is 21.2. The van der Waals surface area contributed by atoms with Gasteiger partial charge in [-0.15, -0.1) is 0 Å². The number of nitrogens with one attached hydrogen (secondary N) is 2. The molecule has 0 aliphatic carbocycles. The minimum Gasteiger partial charge on any atom is -0.480 e. The van der Waals surface area contributed by atoms with Crippen LogP contribution in [-0.2, 0) is 16.0 Å². The first-order valence-corrected chi connectivity index (χ1v) is 9.35. The molecule has 6 nitrogen and oxygen atoms in total. The van der Waals surface area contributed by atoms with E-state index < -0.39 is 17.9 Å². The second kappa shape index (κ2) is 10.3. The number of carboxylic acids is 1. The molecule has 0 aliphatic heterocycles. The van der Waals surface area contributed by atoms with Crippen LogP contribution in [0.15, 0.2) is 54.6 Å². The van der Waals surface area contributed by atoms with Crippen LogP contribution in [0.5, 0.6) is 0 Å². The van der Waals surface area contributed by atoms with Gasteiger partial charge in [0.1, 0.15) is 6.04 Å². The van der Waals surface area contributed by atoms with E-state index in [9.17, 15) is 14.4 Å². The number of amides is 2. The van der Waals surface area contributed by atoms with E-state index in [2.05, 4.69) is 22.8 Å². The third kappa shape index (κ3) is 6.54. The van der Waals surface area contributed by atoms with E-state index in [-0.39, 0.29) is 11.8 Å². The topological polar surface area (TPSA) is 95.5 Å². The van der Waals surface area contributed by atoms with Crippen LogP contribution >= 0.6 is 0 Å². The summed E-state index contributed by atoms with van der Waals surface area (Å²) in [5.74, 6) is -1.76. The minimum absolute atomic E-state index is 0.0650. The van der Waals surface area contributed by atoms with Crippen molar-refractivity contribution in [3.8, 4) is 0 Å². The second-order valence-electron chi connectivity index (χ2n) is 6.88. The predicted octanol–water partition coefficient (Wildman–Crippen LogP) is 3.49. The summed E-state index contributed by atoms with van der Waals surface area (Å²) in [5.41, 5.74) is 2.20. The number of carbonyl (C=O) groups excluding carboxylic acids is 2. The van der Waals surface area contributed by atoms with E-state index >= 15 is 0 Å². The van der Waals surface area contributed by atoms with Crippen LogP contribution in [0.2, 0.25) is 0 Å². The molecule has 148 valence electrons. The van der Waals surface area contributed by atoms with Crippen LogP contribution in [0.3, 0.4) is 0 Å². The third-order valence-corrected chi connectivity index (χ3v) is 4.53. The van der Waals surface area contributed by atoms with Crippen molar-refractivity contribution < 1.29 is 19.5 Å². The number of rotatable bonds is 9. The summed E-state index contributed by atoms with van der Waals surface area (Å²) in [6.45, 7) is 3.30. The van der Waals surface area contributed by atoms with E-state index in [1.165, 1.54) is 12.5 Å². The fourth-order valence-electron chi connectivity index (χ4n) is 2.70. The van der Waals surface area contributed by atoms with E-state index in [1.54, 1.807) is 24.3 Å². The standard InChI is InChI=1S/C22H26N2O4/c1-15(7-6-10-17-8-4-3-5-9-17)20(25)24-19-13-11-18(12-14-19)21(26)23-16(2)22(27)28/h3-5,8-9,11-16H,6-7,10H2,1-2H3,(H,23,26)(H,24,25)(H,27,28). The maximum atomic E-state index is 12.3. The maximum Gasteiger partial charge on any atom is 0.325 e. The molecule has 0 aromatic heterocycles. The molecule has 0 spiro atoms. The first-order chi connectivity index (χ1) is 13.4. The largest absolute Gasteiger partial charge is 0.480 e. The molecular weight excluding hydrogens is 356 g/mol. The Kier molecular flexibility index (Phi) is 7.75. The molecule has 0 bridgehead atoms. The van der Waals surface area contributed by atoms with Crippen LogP contribution in [0.4, 0.5) is 5.69 Å². The van der Waals surface area contributed by atoms with E-state index in [0.29, 0.717) is 11.3 Å². The van der Waals surface area contributed by atoms with Crippen LogP contribution in [0.1, 0.15) is 42.6 Å². The van der Waals surface area contributed by atoms with E-state index in [0.717, 1.165) is 19.3 Å². The highest BCUT2D eigenvalue weighted by molar-refractivity contribution is 5.97. The summed E-state index contributed by atoms with van der Waals surface area (Å²) in [7, 11) is 0. The SMILES string of the molecule is CC(CCCc1ccccc1)C(=O)Nc1ccc(C(=O)NC(C)C(=O)O)cc1. The molecule has 28 heavy (non-hydrogen) atoms. The lowest BCUT2D eigenvalue weighted by Gasteiger charge is -2.13. The lowest BCUT2D eigenvalue weighted by atomic mass is 10.0. The van der Waals surface area contributed by atoms with Crippen molar-refractivity contribution in [1.82, 2.24) is 5.32 Å². The number of hydrogen-bond donors (Lipinski definition) is 3. The highest BCUT2D eigenvalue weighted by Crippen LogP contribution is 2.15. The molecule has 0 saturated heterocycles. The van der Waals surface area contributed by atoms with Gasteiger partial charge in [0, 0.05) is 17.2 Å². The summed E-state index contributed by atoms with van der Waals surface area (Å²) in [6, 6.07) is 15.6. The zero-order chi connectivity index (χ0) is 20.5.